The van der Waals surface area contributed by atoms with Crippen LogP contribution in [0.25, 0.3) is 11.5 Å². The van der Waals surface area contributed by atoms with E-state index in [1.165, 1.54) is 17.6 Å². The van der Waals surface area contributed by atoms with Gasteiger partial charge in [-0.1, -0.05) is 18.2 Å². The number of aromatic hydroxyl groups is 1. The second kappa shape index (κ2) is 5.03. The van der Waals surface area contributed by atoms with Crippen molar-refractivity contribution in [1.82, 2.24) is 9.97 Å². The first kappa shape index (κ1) is 11.6. The number of aliphatic imine (C=N–C) groups is 1. The van der Waals surface area contributed by atoms with Crippen molar-refractivity contribution in [3.05, 3.63) is 47.6 Å². The molecule has 94 valence electrons. The van der Waals surface area contributed by atoms with Crippen LogP contribution in [-0.2, 0) is 0 Å². The van der Waals surface area contributed by atoms with Crippen molar-refractivity contribution in [3.8, 4) is 17.4 Å². The molecule has 0 amide bonds. The maximum atomic E-state index is 9.68. The lowest BCUT2D eigenvalue weighted by molar-refractivity contribution is 0.337. The molecule has 0 radical (unpaired) electrons. The van der Waals surface area contributed by atoms with Gasteiger partial charge >= 0.3 is 5.95 Å². The van der Waals surface area contributed by atoms with E-state index >= 15 is 0 Å². The molecule has 0 spiro atoms. The van der Waals surface area contributed by atoms with Gasteiger partial charge in [-0.2, -0.15) is 0 Å². The highest BCUT2D eigenvalue weighted by Crippen LogP contribution is 2.25. The lowest BCUT2D eigenvalue weighted by atomic mass is 10.2. The smallest absolute Gasteiger partial charge is 0.312 e. The maximum absolute atomic E-state index is 9.68. The van der Waals surface area contributed by atoms with E-state index in [4.69, 9.17) is 4.42 Å². The summed E-state index contributed by atoms with van der Waals surface area (Å²) in [6.07, 6.45) is 3.10. The molecule has 3 aromatic rings. The first-order valence-electron chi connectivity index (χ1n) is 5.52. The summed E-state index contributed by atoms with van der Waals surface area (Å²) in [4.78, 5) is 12.3. The SMILES string of the molecule is Oc1oc(-c2ccccc2)nc1C=Nc1nccs1. The summed E-state index contributed by atoms with van der Waals surface area (Å²) in [6, 6.07) is 9.36. The van der Waals surface area contributed by atoms with Gasteiger partial charge in [0.2, 0.25) is 11.0 Å². The zero-order valence-electron chi connectivity index (χ0n) is 9.72. The molecule has 0 unspecified atom stereocenters. The Bertz CT molecular complexity index is 690. The molecule has 5 nitrogen and oxygen atoms in total. The van der Waals surface area contributed by atoms with Gasteiger partial charge in [-0.15, -0.1) is 11.3 Å². The highest BCUT2D eigenvalue weighted by Gasteiger charge is 2.11. The van der Waals surface area contributed by atoms with Gasteiger partial charge in [0.25, 0.3) is 0 Å². The molecule has 0 aliphatic carbocycles. The molecule has 0 aliphatic rings. The first-order valence-corrected chi connectivity index (χ1v) is 6.39. The molecule has 0 atom stereocenters. The number of thiazole rings is 1. The summed E-state index contributed by atoms with van der Waals surface area (Å²) in [5.74, 6) is 0.109. The molecule has 2 aromatic heterocycles. The van der Waals surface area contributed by atoms with Crippen LogP contribution < -0.4 is 0 Å². The third kappa shape index (κ3) is 2.53. The molecule has 2 heterocycles. The molecule has 0 saturated heterocycles. The zero-order valence-corrected chi connectivity index (χ0v) is 10.5. The monoisotopic (exact) mass is 271 g/mol. The van der Waals surface area contributed by atoms with Gasteiger partial charge in [0, 0.05) is 17.1 Å². The Balaban J connectivity index is 1.90. The minimum absolute atomic E-state index is 0.251. The third-order valence-electron chi connectivity index (χ3n) is 2.37. The van der Waals surface area contributed by atoms with E-state index in [0.717, 1.165) is 5.56 Å². The largest absolute Gasteiger partial charge is 0.479 e. The fourth-order valence-corrected chi connectivity index (χ4v) is 1.99. The summed E-state index contributed by atoms with van der Waals surface area (Å²) in [7, 11) is 0. The van der Waals surface area contributed by atoms with Crippen LogP contribution in [0.3, 0.4) is 0 Å². The van der Waals surface area contributed by atoms with E-state index in [9.17, 15) is 5.11 Å². The highest BCUT2D eigenvalue weighted by molar-refractivity contribution is 7.13. The van der Waals surface area contributed by atoms with Gasteiger partial charge in [-0.3, -0.25) is 0 Å². The average Bonchev–Trinajstić information content (AvgIpc) is 3.07. The number of aromatic nitrogens is 2. The van der Waals surface area contributed by atoms with Crippen molar-refractivity contribution in [2.45, 2.75) is 0 Å². The summed E-state index contributed by atoms with van der Waals surface area (Å²) < 4.78 is 5.21. The summed E-state index contributed by atoms with van der Waals surface area (Å²) in [5.41, 5.74) is 1.08. The lowest BCUT2D eigenvalue weighted by Crippen LogP contribution is -1.82. The van der Waals surface area contributed by atoms with E-state index in [2.05, 4.69) is 15.0 Å². The number of nitrogens with zero attached hydrogens (tertiary/aromatic N) is 3. The highest BCUT2D eigenvalue weighted by atomic mass is 32.1. The topological polar surface area (TPSA) is 71.5 Å². The normalized spacial score (nSPS) is 11.2. The van der Waals surface area contributed by atoms with Gasteiger partial charge in [-0.25, -0.2) is 15.0 Å². The molecular weight excluding hydrogens is 262 g/mol. The number of rotatable bonds is 3. The Hall–Kier alpha value is -2.47. The molecular formula is C13H9N3O2S. The van der Waals surface area contributed by atoms with Crippen LogP contribution in [0.4, 0.5) is 5.13 Å². The number of oxazole rings is 1. The fraction of sp³-hybridized carbons (Fsp3) is 0. The van der Waals surface area contributed by atoms with Crippen molar-refractivity contribution in [2.75, 3.05) is 0 Å². The summed E-state index contributed by atoms with van der Waals surface area (Å²) in [5, 5.41) is 12.1. The Kier molecular flexibility index (Phi) is 3.07. The minimum atomic E-state index is -0.251. The summed E-state index contributed by atoms with van der Waals surface area (Å²) in [6.45, 7) is 0. The molecule has 0 fully saturated rings. The van der Waals surface area contributed by atoms with Crippen LogP contribution in [0.15, 0.2) is 51.3 Å². The zero-order chi connectivity index (χ0) is 13.1. The number of benzene rings is 1. The van der Waals surface area contributed by atoms with E-state index in [1.807, 2.05) is 35.7 Å². The first-order chi connectivity index (χ1) is 9.33. The Morgan fingerprint density at radius 3 is 2.84 bits per heavy atom. The predicted octanol–water partition coefficient (Wildman–Crippen LogP) is 3.25. The van der Waals surface area contributed by atoms with Gasteiger partial charge in [0.1, 0.15) is 0 Å². The van der Waals surface area contributed by atoms with Crippen LogP contribution in [0.5, 0.6) is 5.95 Å². The average molecular weight is 271 g/mol. The van der Waals surface area contributed by atoms with Gasteiger partial charge < -0.3 is 9.52 Å². The van der Waals surface area contributed by atoms with Crippen molar-refractivity contribution in [2.24, 2.45) is 4.99 Å². The van der Waals surface area contributed by atoms with E-state index in [1.54, 1.807) is 6.20 Å². The lowest BCUT2D eigenvalue weighted by Gasteiger charge is -1.91. The van der Waals surface area contributed by atoms with E-state index in [0.29, 0.717) is 11.0 Å². The molecule has 6 heteroatoms. The predicted molar refractivity (Wildman–Crippen MR) is 73.0 cm³/mol. The van der Waals surface area contributed by atoms with Gasteiger partial charge in [0.05, 0.1) is 6.21 Å². The van der Waals surface area contributed by atoms with Crippen molar-refractivity contribution >= 4 is 22.7 Å². The van der Waals surface area contributed by atoms with Crippen LogP contribution in [-0.4, -0.2) is 21.3 Å². The van der Waals surface area contributed by atoms with E-state index in [-0.39, 0.29) is 11.6 Å². The molecule has 19 heavy (non-hydrogen) atoms. The molecule has 0 bridgehead atoms. The molecule has 1 aromatic carbocycles. The quantitative estimate of drug-likeness (QED) is 0.742. The minimum Gasteiger partial charge on any atom is -0.479 e. The number of hydrogen-bond donors (Lipinski definition) is 1. The van der Waals surface area contributed by atoms with Crippen LogP contribution in [0.1, 0.15) is 5.69 Å². The van der Waals surface area contributed by atoms with Gasteiger partial charge in [0.15, 0.2) is 5.69 Å². The summed E-state index contributed by atoms with van der Waals surface area (Å²) >= 11 is 1.40. The fourth-order valence-electron chi connectivity index (χ4n) is 1.51. The van der Waals surface area contributed by atoms with Crippen molar-refractivity contribution in [1.29, 1.82) is 0 Å². The van der Waals surface area contributed by atoms with Crippen molar-refractivity contribution < 1.29 is 9.52 Å². The molecule has 3 rings (SSSR count). The van der Waals surface area contributed by atoms with Gasteiger partial charge in [-0.05, 0) is 12.1 Å². The number of hydrogen-bond acceptors (Lipinski definition) is 6. The second-order valence-electron chi connectivity index (χ2n) is 3.65. The molecule has 1 N–H and O–H groups in total. The standard InChI is InChI=1S/C13H9N3O2S/c17-12-10(8-15-13-14-6-7-19-13)16-11(18-12)9-4-2-1-3-5-9/h1-8,17H. The second-order valence-corrected chi connectivity index (χ2v) is 4.52. The Labute approximate surface area is 112 Å². The third-order valence-corrected chi connectivity index (χ3v) is 3.05. The molecule has 0 aliphatic heterocycles. The Morgan fingerprint density at radius 1 is 1.26 bits per heavy atom. The van der Waals surface area contributed by atoms with E-state index < -0.39 is 0 Å². The molecule has 0 saturated carbocycles. The van der Waals surface area contributed by atoms with Crippen LogP contribution >= 0.6 is 11.3 Å². The Morgan fingerprint density at radius 2 is 2.11 bits per heavy atom. The van der Waals surface area contributed by atoms with Crippen LogP contribution in [0.2, 0.25) is 0 Å². The maximum Gasteiger partial charge on any atom is 0.312 e. The van der Waals surface area contributed by atoms with Crippen LogP contribution in [0, 0.1) is 0 Å². The van der Waals surface area contributed by atoms with Crippen molar-refractivity contribution in [3.63, 3.8) is 0 Å².